The Hall–Kier alpha value is -4.09. The number of ether oxygens (including phenoxy) is 1. The average molecular weight is 417 g/mol. The van der Waals surface area contributed by atoms with Crippen LogP contribution < -0.4 is 0 Å². The van der Waals surface area contributed by atoms with Gasteiger partial charge in [-0.25, -0.2) is 4.79 Å². The summed E-state index contributed by atoms with van der Waals surface area (Å²) < 4.78 is 4.98. The highest BCUT2D eigenvalue weighted by Crippen LogP contribution is 2.30. The summed E-state index contributed by atoms with van der Waals surface area (Å²) in [6, 6.07) is 3.84. The number of nitro benzene ring substituents is 1. The van der Waals surface area contributed by atoms with Gasteiger partial charge in [0.1, 0.15) is 6.10 Å². The predicted octanol–water partition coefficient (Wildman–Crippen LogP) is 1.30. The maximum absolute atomic E-state index is 11.9. The van der Waals surface area contributed by atoms with E-state index >= 15 is 0 Å². The van der Waals surface area contributed by atoms with E-state index in [1.165, 1.54) is 19.1 Å². The second-order valence-electron chi connectivity index (χ2n) is 6.43. The highest BCUT2D eigenvalue weighted by atomic mass is 16.8. The molecule has 0 aromatic heterocycles. The van der Waals surface area contributed by atoms with E-state index in [-0.39, 0.29) is 35.7 Å². The molecule has 0 saturated carbocycles. The third-order valence-corrected chi connectivity index (χ3v) is 4.41. The number of hydroxylamine groups is 2. The fourth-order valence-electron chi connectivity index (χ4n) is 2.93. The van der Waals surface area contributed by atoms with Crippen molar-refractivity contribution in [1.29, 1.82) is 0 Å². The molecule has 30 heavy (non-hydrogen) atoms. The van der Waals surface area contributed by atoms with Gasteiger partial charge in [0, 0.05) is 31.1 Å². The summed E-state index contributed by atoms with van der Waals surface area (Å²) >= 11 is 0. The number of nitro groups is 1. The van der Waals surface area contributed by atoms with Crippen molar-refractivity contribution in [3.8, 4) is 0 Å². The summed E-state index contributed by atoms with van der Waals surface area (Å²) in [4.78, 5) is 74.5. The van der Waals surface area contributed by atoms with Crippen LogP contribution in [-0.4, -0.2) is 44.7 Å². The Kier molecular flexibility index (Phi) is 5.58. The van der Waals surface area contributed by atoms with Gasteiger partial charge in [0.25, 0.3) is 29.3 Å². The molecule has 1 aromatic rings. The molecule has 0 N–H and O–H groups in total. The lowest BCUT2D eigenvalue weighted by molar-refractivity contribution is -0.386. The molecule has 1 saturated heterocycles. The Morgan fingerprint density at radius 2 is 1.73 bits per heavy atom. The third kappa shape index (κ3) is 4.16. The van der Waals surface area contributed by atoms with E-state index in [4.69, 9.17) is 4.74 Å². The van der Waals surface area contributed by atoms with Crippen molar-refractivity contribution in [3.05, 3.63) is 51.6 Å². The molecule has 1 aromatic carbocycles. The molecule has 1 unspecified atom stereocenters. The van der Waals surface area contributed by atoms with Crippen molar-refractivity contribution in [1.82, 2.24) is 9.96 Å². The minimum absolute atomic E-state index is 0.0272. The minimum atomic E-state index is -1.39. The summed E-state index contributed by atoms with van der Waals surface area (Å²) in [5.41, 5.74) is -0.0140. The van der Waals surface area contributed by atoms with Crippen molar-refractivity contribution in [2.75, 3.05) is 0 Å². The molecule has 1 fully saturated rings. The van der Waals surface area contributed by atoms with Gasteiger partial charge < -0.3 is 4.74 Å². The molecule has 4 amide bonds. The van der Waals surface area contributed by atoms with E-state index in [9.17, 15) is 34.1 Å². The van der Waals surface area contributed by atoms with Gasteiger partial charge in [0.2, 0.25) is 0 Å². The molecule has 0 spiro atoms. The van der Waals surface area contributed by atoms with Gasteiger partial charge in [-0.05, 0) is 18.6 Å². The largest absolute Gasteiger partial charge is 0.534 e. The van der Waals surface area contributed by atoms with E-state index in [0.717, 1.165) is 23.1 Å². The van der Waals surface area contributed by atoms with E-state index in [0.29, 0.717) is 5.56 Å². The van der Waals surface area contributed by atoms with Crippen molar-refractivity contribution in [2.24, 2.45) is 0 Å². The summed E-state index contributed by atoms with van der Waals surface area (Å²) in [7, 11) is 0. The first-order valence-corrected chi connectivity index (χ1v) is 8.72. The van der Waals surface area contributed by atoms with E-state index < -0.39 is 40.8 Å². The van der Waals surface area contributed by atoms with Crippen LogP contribution >= 0.6 is 0 Å². The van der Waals surface area contributed by atoms with Crippen LogP contribution in [0.3, 0.4) is 0 Å². The Balaban J connectivity index is 1.76. The average Bonchev–Trinajstić information content (AvgIpc) is 3.17. The number of hydrogen-bond donors (Lipinski definition) is 0. The van der Waals surface area contributed by atoms with Crippen molar-refractivity contribution in [2.45, 2.75) is 32.4 Å². The Bertz CT molecular complexity index is 967. The molecule has 12 heteroatoms. The van der Waals surface area contributed by atoms with E-state index in [2.05, 4.69) is 4.84 Å². The zero-order valence-corrected chi connectivity index (χ0v) is 15.6. The number of imide groups is 2. The van der Waals surface area contributed by atoms with Gasteiger partial charge in [-0.15, -0.1) is 0 Å². The van der Waals surface area contributed by atoms with Crippen LogP contribution in [0.4, 0.5) is 10.5 Å². The van der Waals surface area contributed by atoms with E-state index in [1.54, 1.807) is 0 Å². The summed E-state index contributed by atoms with van der Waals surface area (Å²) in [5.74, 6) is -2.45. The fourth-order valence-corrected chi connectivity index (χ4v) is 2.93. The first-order chi connectivity index (χ1) is 14.2. The van der Waals surface area contributed by atoms with Crippen LogP contribution in [0, 0.1) is 10.1 Å². The second-order valence-corrected chi connectivity index (χ2v) is 6.43. The fraction of sp³-hybridized carbons (Fsp3) is 0.278. The molecule has 1 atom stereocenters. The summed E-state index contributed by atoms with van der Waals surface area (Å²) in [5, 5.41) is 11.6. The van der Waals surface area contributed by atoms with Gasteiger partial charge in [-0.1, -0.05) is 11.1 Å². The third-order valence-electron chi connectivity index (χ3n) is 4.41. The first-order valence-electron chi connectivity index (χ1n) is 8.72. The van der Waals surface area contributed by atoms with E-state index in [1.807, 2.05) is 0 Å². The molecule has 156 valence electrons. The Morgan fingerprint density at radius 3 is 2.30 bits per heavy atom. The lowest BCUT2D eigenvalue weighted by Crippen LogP contribution is -2.32. The van der Waals surface area contributed by atoms with Gasteiger partial charge >= 0.3 is 6.16 Å². The quantitative estimate of drug-likeness (QED) is 0.288. The molecule has 2 aliphatic rings. The molecule has 3 rings (SSSR count). The lowest BCUT2D eigenvalue weighted by atomic mass is 10.0. The maximum atomic E-state index is 11.9. The maximum Gasteiger partial charge on any atom is 0.534 e. The molecular weight excluding hydrogens is 402 g/mol. The first kappa shape index (κ1) is 20.6. The number of nitrogens with zero attached hydrogens (tertiary/aromatic N) is 3. The lowest BCUT2D eigenvalue weighted by Gasteiger charge is -2.18. The molecular formula is C18H15N3O9. The molecule has 0 radical (unpaired) electrons. The zero-order valence-electron chi connectivity index (χ0n) is 15.6. The van der Waals surface area contributed by atoms with Crippen LogP contribution in [0.5, 0.6) is 0 Å². The van der Waals surface area contributed by atoms with Crippen LogP contribution in [0.25, 0.3) is 0 Å². The molecule has 2 aliphatic heterocycles. The summed E-state index contributed by atoms with van der Waals surface area (Å²) in [6.07, 6.45) is -0.571. The monoisotopic (exact) mass is 417 g/mol. The normalized spacial score (nSPS) is 17.0. The molecule has 2 heterocycles. The number of carbonyl (C=O) groups is 5. The Morgan fingerprint density at radius 1 is 1.13 bits per heavy atom. The smallest absolute Gasteiger partial charge is 0.425 e. The number of carbonyl (C=O) groups excluding carboxylic acids is 5. The SMILES string of the molecule is CC(OC(=O)ON1C(=O)CCC1=O)c1cc(CN2C(=O)C=CC2=O)ccc1[N+](=O)[O-]. The van der Waals surface area contributed by atoms with Gasteiger partial charge in [-0.2, -0.15) is 0 Å². The van der Waals surface area contributed by atoms with Crippen LogP contribution in [0.2, 0.25) is 0 Å². The molecule has 0 bridgehead atoms. The highest BCUT2D eigenvalue weighted by Gasteiger charge is 2.34. The van der Waals surface area contributed by atoms with Crippen LogP contribution in [0.15, 0.2) is 30.4 Å². The number of benzene rings is 1. The van der Waals surface area contributed by atoms with Crippen molar-refractivity contribution >= 4 is 35.5 Å². The van der Waals surface area contributed by atoms with Crippen LogP contribution in [-0.2, 0) is 35.3 Å². The number of rotatable bonds is 6. The minimum Gasteiger partial charge on any atom is -0.425 e. The number of amides is 4. The van der Waals surface area contributed by atoms with Gasteiger partial charge in [-0.3, -0.25) is 39.0 Å². The molecule has 12 nitrogen and oxygen atoms in total. The Labute approximate surface area is 168 Å². The number of hydrogen-bond acceptors (Lipinski definition) is 9. The zero-order chi connectivity index (χ0) is 22.0. The van der Waals surface area contributed by atoms with Crippen LogP contribution in [0.1, 0.15) is 37.0 Å². The van der Waals surface area contributed by atoms with Gasteiger partial charge in [0.05, 0.1) is 17.0 Å². The van der Waals surface area contributed by atoms with Crippen molar-refractivity contribution in [3.63, 3.8) is 0 Å². The van der Waals surface area contributed by atoms with Gasteiger partial charge in [0.15, 0.2) is 0 Å². The second kappa shape index (κ2) is 8.11. The standard InChI is InChI=1S/C18H15N3O9/c1-10(29-18(26)30-20-16(24)6-7-17(20)25)12-8-11(2-3-13(12)21(27)28)9-19-14(22)4-5-15(19)23/h2-5,8,10H,6-7,9H2,1H3. The topological polar surface area (TPSA) is 153 Å². The highest BCUT2D eigenvalue weighted by molar-refractivity contribution is 6.12. The predicted molar refractivity (Wildman–Crippen MR) is 94.9 cm³/mol. The molecule has 0 aliphatic carbocycles. The summed E-state index contributed by atoms with van der Waals surface area (Å²) in [6.45, 7) is 1.19. The van der Waals surface area contributed by atoms with Crippen molar-refractivity contribution < 1.29 is 38.5 Å².